The molecule has 1 aromatic heterocycles. The minimum absolute atomic E-state index is 0.0137. The minimum Gasteiger partial charge on any atom is -0.462 e. The van der Waals surface area contributed by atoms with Crippen LogP contribution in [0.2, 0.25) is 5.02 Å². The largest absolute Gasteiger partial charge is 0.462 e. The summed E-state index contributed by atoms with van der Waals surface area (Å²) in [7, 11) is 0. The van der Waals surface area contributed by atoms with Gasteiger partial charge in [-0.05, 0) is 73.9 Å². The molecule has 3 N–H and O–H groups in total. The van der Waals surface area contributed by atoms with Crippen molar-refractivity contribution in [2.24, 2.45) is 0 Å². The third kappa shape index (κ3) is 9.00. The molecular weight excluding hydrogens is 696 g/mol. The number of anilines is 2. The summed E-state index contributed by atoms with van der Waals surface area (Å²) in [5.74, 6) is -1.93. The Morgan fingerprint density at radius 1 is 1.00 bits per heavy atom. The van der Waals surface area contributed by atoms with E-state index < -0.39 is 23.0 Å². The average Bonchev–Trinajstić information content (AvgIpc) is 3.46. The highest BCUT2D eigenvalue weighted by Crippen LogP contribution is 2.38. The van der Waals surface area contributed by atoms with E-state index in [9.17, 15) is 24.0 Å². The van der Waals surface area contributed by atoms with E-state index >= 15 is 0 Å². The molecular formula is C37H35ClN4O6S2. The van der Waals surface area contributed by atoms with Crippen molar-refractivity contribution in [3.8, 4) is 0 Å². The molecule has 1 aliphatic rings. The van der Waals surface area contributed by atoms with Gasteiger partial charge in [0.15, 0.2) is 0 Å². The maximum atomic E-state index is 13.5. The Balaban J connectivity index is 1.30. The van der Waals surface area contributed by atoms with Crippen LogP contribution in [0.5, 0.6) is 0 Å². The molecule has 4 aromatic rings. The molecule has 0 bridgehead atoms. The molecule has 1 aliphatic heterocycles. The Labute approximate surface area is 303 Å². The Morgan fingerprint density at radius 2 is 1.74 bits per heavy atom. The van der Waals surface area contributed by atoms with Gasteiger partial charge in [-0.3, -0.25) is 19.2 Å². The number of hydrogen-bond acceptors (Lipinski definition) is 8. The highest BCUT2D eigenvalue weighted by Gasteiger charge is 2.31. The second-order valence-electron chi connectivity index (χ2n) is 11.2. The third-order valence-corrected chi connectivity index (χ3v) is 10.3. The van der Waals surface area contributed by atoms with Crippen molar-refractivity contribution >= 4 is 81.1 Å². The van der Waals surface area contributed by atoms with Gasteiger partial charge in [-0.2, -0.15) is 0 Å². The molecule has 13 heteroatoms. The lowest BCUT2D eigenvalue weighted by Crippen LogP contribution is -2.34. The first-order valence-electron chi connectivity index (χ1n) is 15.8. The van der Waals surface area contributed by atoms with E-state index in [-0.39, 0.29) is 24.1 Å². The van der Waals surface area contributed by atoms with Crippen molar-refractivity contribution < 1.29 is 28.7 Å². The van der Waals surface area contributed by atoms with Gasteiger partial charge in [-0.1, -0.05) is 54.1 Å². The maximum Gasteiger partial charge on any atom is 0.341 e. The van der Waals surface area contributed by atoms with E-state index in [1.54, 1.807) is 91.5 Å². The predicted molar refractivity (Wildman–Crippen MR) is 197 cm³/mol. The van der Waals surface area contributed by atoms with Crippen LogP contribution in [0.3, 0.4) is 0 Å². The van der Waals surface area contributed by atoms with Crippen molar-refractivity contribution in [3.63, 3.8) is 0 Å². The normalized spacial score (nSPS) is 13.1. The molecule has 5 rings (SSSR count). The van der Waals surface area contributed by atoms with E-state index in [0.29, 0.717) is 56.8 Å². The number of fused-ring (bicyclic) bond motifs is 1. The number of amides is 4. The van der Waals surface area contributed by atoms with Gasteiger partial charge in [0.2, 0.25) is 11.8 Å². The first-order chi connectivity index (χ1) is 24.0. The molecule has 2 heterocycles. The molecule has 0 saturated carbocycles. The van der Waals surface area contributed by atoms with E-state index in [4.69, 9.17) is 16.3 Å². The van der Waals surface area contributed by atoms with Crippen LogP contribution < -0.4 is 16.0 Å². The Hall–Kier alpha value is -4.91. The monoisotopic (exact) mass is 730 g/mol. The molecule has 0 aliphatic carbocycles. The number of halogens is 1. The summed E-state index contributed by atoms with van der Waals surface area (Å²) in [6.45, 7) is 6.00. The van der Waals surface area contributed by atoms with Crippen LogP contribution in [0.25, 0.3) is 6.08 Å². The lowest BCUT2D eigenvalue weighted by atomic mass is 10.0. The molecule has 0 spiro atoms. The fourth-order valence-corrected chi connectivity index (χ4v) is 7.56. The molecule has 0 radical (unpaired) electrons. The number of nitrogens with one attached hydrogen (secondary N) is 3. The molecule has 0 saturated heterocycles. The summed E-state index contributed by atoms with van der Waals surface area (Å²) in [5, 5.41) is 8.67. The zero-order valence-electron chi connectivity index (χ0n) is 27.6. The van der Waals surface area contributed by atoms with Crippen LogP contribution in [0.15, 0.2) is 89.5 Å². The van der Waals surface area contributed by atoms with Gasteiger partial charge in [-0.25, -0.2) is 4.79 Å². The van der Waals surface area contributed by atoms with Crippen LogP contribution in [-0.2, 0) is 32.1 Å². The first-order valence-corrected chi connectivity index (χ1v) is 17.9. The number of thiophene rings is 1. The van der Waals surface area contributed by atoms with Crippen LogP contribution in [0.4, 0.5) is 10.7 Å². The zero-order valence-corrected chi connectivity index (χ0v) is 30.0. The lowest BCUT2D eigenvalue weighted by molar-refractivity contribution is -0.129. The summed E-state index contributed by atoms with van der Waals surface area (Å²) in [6.07, 6.45) is 2.00. The maximum absolute atomic E-state index is 13.5. The average molecular weight is 731 g/mol. The van der Waals surface area contributed by atoms with Gasteiger partial charge < -0.3 is 25.6 Å². The third-order valence-electron chi connectivity index (χ3n) is 7.73. The smallest absolute Gasteiger partial charge is 0.341 e. The Bertz CT molecular complexity index is 1960. The summed E-state index contributed by atoms with van der Waals surface area (Å²) in [4.78, 5) is 68.2. The summed E-state index contributed by atoms with van der Waals surface area (Å²) in [6, 6.07) is 22.5. The van der Waals surface area contributed by atoms with Crippen molar-refractivity contribution in [1.82, 2.24) is 10.2 Å². The van der Waals surface area contributed by atoms with Crippen LogP contribution >= 0.6 is 34.7 Å². The van der Waals surface area contributed by atoms with Gasteiger partial charge in [0.1, 0.15) is 10.7 Å². The SMILES string of the molecule is CCOC(=O)c1c(NC(=O)C(C)Sc2cccc(NC(=O)/C(=C\c3ccccc3Cl)NC(=O)c3ccccc3)c2)sc2c1CCN(C(C)=O)C2. The number of hydrogen-bond donors (Lipinski definition) is 3. The Morgan fingerprint density at radius 3 is 2.46 bits per heavy atom. The van der Waals surface area contributed by atoms with Crippen LogP contribution in [0.1, 0.15) is 57.5 Å². The molecule has 0 fully saturated rings. The number of esters is 1. The molecule has 258 valence electrons. The summed E-state index contributed by atoms with van der Waals surface area (Å²) >= 11 is 8.90. The zero-order chi connectivity index (χ0) is 35.8. The highest BCUT2D eigenvalue weighted by molar-refractivity contribution is 8.00. The molecule has 50 heavy (non-hydrogen) atoms. The number of ether oxygens (including phenoxy) is 1. The van der Waals surface area contributed by atoms with E-state index in [0.717, 1.165) is 10.4 Å². The fraction of sp³-hybridized carbons (Fsp3) is 0.216. The topological polar surface area (TPSA) is 134 Å². The van der Waals surface area contributed by atoms with Crippen molar-refractivity contribution in [2.75, 3.05) is 23.8 Å². The number of carbonyl (C=O) groups excluding carboxylic acids is 5. The minimum atomic E-state index is -0.593. The van der Waals surface area contributed by atoms with Gasteiger partial charge in [-0.15, -0.1) is 23.1 Å². The summed E-state index contributed by atoms with van der Waals surface area (Å²) in [5.41, 5.74) is 2.49. The van der Waals surface area contributed by atoms with Crippen molar-refractivity contribution in [1.29, 1.82) is 0 Å². The van der Waals surface area contributed by atoms with Gasteiger partial charge in [0.05, 0.1) is 24.0 Å². The van der Waals surface area contributed by atoms with Gasteiger partial charge >= 0.3 is 5.97 Å². The number of rotatable bonds is 11. The fourth-order valence-electron chi connectivity index (χ4n) is 5.19. The molecule has 4 amide bonds. The molecule has 1 atom stereocenters. The number of thioether (sulfide) groups is 1. The lowest BCUT2D eigenvalue weighted by Gasteiger charge is -2.25. The molecule has 3 aromatic carbocycles. The van der Waals surface area contributed by atoms with Gasteiger partial charge in [0.25, 0.3) is 11.8 Å². The van der Waals surface area contributed by atoms with Crippen molar-refractivity contribution in [2.45, 2.75) is 43.9 Å². The highest BCUT2D eigenvalue weighted by atomic mass is 35.5. The number of benzene rings is 3. The van der Waals surface area contributed by atoms with Crippen LogP contribution in [-0.4, -0.2) is 52.9 Å². The van der Waals surface area contributed by atoms with Crippen molar-refractivity contribution in [3.05, 3.63) is 117 Å². The molecule has 1 unspecified atom stereocenters. The van der Waals surface area contributed by atoms with E-state index in [1.165, 1.54) is 36.1 Å². The van der Waals surface area contributed by atoms with E-state index in [2.05, 4.69) is 16.0 Å². The van der Waals surface area contributed by atoms with Gasteiger partial charge in [0, 0.05) is 39.5 Å². The van der Waals surface area contributed by atoms with E-state index in [1.807, 2.05) is 6.07 Å². The number of nitrogens with zero attached hydrogens (tertiary/aromatic N) is 1. The standard InChI is InChI=1S/C37H35ClN4O6S2/c1-4-48-37(47)32-28-17-18-42(23(3)43)21-31(28)50-36(32)41-33(44)22(2)49-27-15-10-14-26(20-27)39-35(46)30(19-25-13-8-9-16-29(25)38)40-34(45)24-11-6-5-7-12-24/h5-16,19-20,22H,4,17-18,21H2,1-3H3,(H,39,46)(H,40,45)(H,41,44)/b30-19+. The quantitative estimate of drug-likeness (QED) is 0.0859. The second-order valence-corrected chi connectivity index (χ2v) is 14.2. The first kappa shape index (κ1) is 36.4. The van der Waals surface area contributed by atoms with Crippen LogP contribution in [0, 0.1) is 0 Å². The second kappa shape index (κ2) is 16.7. The molecule has 10 nitrogen and oxygen atoms in total. The Kier molecular flexibility index (Phi) is 12.1. The predicted octanol–water partition coefficient (Wildman–Crippen LogP) is 7.01. The summed E-state index contributed by atoms with van der Waals surface area (Å²) < 4.78 is 5.31. The number of carbonyl (C=O) groups is 5.